The molecular formula is C23H29FN8O. The number of fused-ring (bicyclic) bond motifs is 3. The van der Waals surface area contributed by atoms with Gasteiger partial charge in [-0.3, -0.25) is 4.68 Å². The van der Waals surface area contributed by atoms with Gasteiger partial charge in [-0.05, 0) is 58.2 Å². The Hall–Kier alpha value is -3.27. The SMILES string of the molecule is Cc1cc2nc(N)n3nc([C@H]4CC[C@@H](C)N(c5cnn(CC(C)(C)O)c5)C4)nc3c2cc1F. The van der Waals surface area contributed by atoms with Crippen LogP contribution in [-0.2, 0) is 6.54 Å². The van der Waals surface area contributed by atoms with Gasteiger partial charge in [0.25, 0.3) is 0 Å². The Balaban J connectivity index is 1.48. The molecule has 0 saturated carbocycles. The number of halogens is 1. The van der Waals surface area contributed by atoms with Gasteiger partial charge >= 0.3 is 0 Å². The molecule has 9 nitrogen and oxygen atoms in total. The smallest absolute Gasteiger partial charge is 0.223 e. The summed E-state index contributed by atoms with van der Waals surface area (Å²) >= 11 is 0. The Kier molecular flexibility index (Phi) is 5.00. The van der Waals surface area contributed by atoms with Crippen LogP contribution in [0, 0.1) is 12.7 Å². The fourth-order valence-electron chi connectivity index (χ4n) is 4.61. The number of benzene rings is 1. The Bertz CT molecular complexity index is 1340. The minimum atomic E-state index is -0.839. The summed E-state index contributed by atoms with van der Waals surface area (Å²) in [5.74, 6) is 0.693. The summed E-state index contributed by atoms with van der Waals surface area (Å²) in [5.41, 5.74) is 7.97. The van der Waals surface area contributed by atoms with Crippen molar-refractivity contribution in [2.75, 3.05) is 17.2 Å². The molecule has 1 aromatic carbocycles. The Labute approximate surface area is 191 Å². The summed E-state index contributed by atoms with van der Waals surface area (Å²) in [6.45, 7) is 8.57. The molecule has 3 N–H and O–H groups in total. The molecule has 0 unspecified atom stereocenters. The topological polar surface area (TPSA) is 110 Å². The van der Waals surface area contributed by atoms with Crippen LogP contribution in [0.15, 0.2) is 24.5 Å². The molecule has 0 spiro atoms. The number of hydrogen-bond acceptors (Lipinski definition) is 7. The second-order valence-electron chi connectivity index (χ2n) is 9.78. The molecule has 0 aliphatic carbocycles. The van der Waals surface area contributed by atoms with Gasteiger partial charge < -0.3 is 15.7 Å². The highest BCUT2D eigenvalue weighted by Gasteiger charge is 2.30. The van der Waals surface area contributed by atoms with Crippen LogP contribution < -0.4 is 10.6 Å². The van der Waals surface area contributed by atoms with E-state index in [1.54, 1.807) is 31.5 Å². The molecule has 1 aliphatic heterocycles. The van der Waals surface area contributed by atoms with Crippen molar-refractivity contribution in [3.8, 4) is 0 Å². The van der Waals surface area contributed by atoms with Gasteiger partial charge in [0, 0.05) is 30.1 Å². The van der Waals surface area contributed by atoms with Crippen molar-refractivity contribution >= 4 is 28.2 Å². The van der Waals surface area contributed by atoms with Gasteiger partial charge in [-0.15, -0.1) is 5.10 Å². The Morgan fingerprint density at radius 3 is 2.79 bits per heavy atom. The van der Waals surface area contributed by atoms with Gasteiger partial charge in [0.1, 0.15) is 5.82 Å². The monoisotopic (exact) mass is 452 g/mol. The molecule has 0 amide bonds. The van der Waals surface area contributed by atoms with Gasteiger partial charge in [-0.2, -0.15) is 9.61 Å². The maximum absolute atomic E-state index is 14.3. The molecule has 4 aromatic rings. The lowest BCUT2D eigenvalue weighted by atomic mass is 9.92. The summed E-state index contributed by atoms with van der Waals surface area (Å²) in [7, 11) is 0. The van der Waals surface area contributed by atoms with Crippen molar-refractivity contribution in [2.24, 2.45) is 0 Å². The quantitative estimate of drug-likeness (QED) is 0.490. The van der Waals surface area contributed by atoms with Crippen LogP contribution in [0.25, 0.3) is 16.6 Å². The highest BCUT2D eigenvalue weighted by atomic mass is 19.1. The molecule has 33 heavy (non-hydrogen) atoms. The predicted octanol–water partition coefficient (Wildman–Crippen LogP) is 3.05. The Morgan fingerprint density at radius 1 is 1.24 bits per heavy atom. The third kappa shape index (κ3) is 3.99. The standard InChI is InChI=1S/C23H29FN8O/c1-13-7-19-17(8-18(13)24)21-28-20(29-32(21)22(25)27-19)15-6-5-14(2)31(10-15)16-9-26-30(11-16)12-23(3,4)33/h7-9,11,14-15,33H,5-6,10,12H2,1-4H3,(H2,25,27)/t14-,15+/m1/s1. The van der Waals surface area contributed by atoms with Crippen molar-refractivity contribution in [1.29, 1.82) is 0 Å². The Morgan fingerprint density at radius 2 is 2.03 bits per heavy atom. The highest BCUT2D eigenvalue weighted by Crippen LogP contribution is 2.33. The molecular weight excluding hydrogens is 423 g/mol. The number of anilines is 2. The molecule has 2 atom stereocenters. The molecule has 5 rings (SSSR count). The number of rotatable bonds is 4. The first kappa shape index (κ1) is 21.6. The van der Waals surface area contributed by atoms with E-state index >= 15 is 0 Å². The molecule has 10 heteroatoms. The van der Waals surface area contributed by atoms with Crippen LogP contribution in [0.4, 0.5) is 16.0 Å². The average molecular weight is 453 g/mol. The van der Waals surface area contributed by atoms with Gasteiger partial charge in [0.15, 0.2) is 11.5 Å². The predicted molar refractivity (Wildman–Crippen MR) is 125 cm³/mol. The third-order valence-corrected chi connectivity index (χ3v) is 6.34. The lowest BCUT2D eigenvalue weighted by Crippen LogP contribution is -2.41. The lowest BCUT2D eigenvalue weighted by Gasteiger charge is -2.37. The van der Waals surface area contributed by atoms with E-state index < -0.39 is 5.60 Å². The van der Waals surface area contributed by atoms with Gasteiger partial charge in [-0.1, -0.05) is 0 Å². The van der Waals surface area contributed by atoms with Gasteiger partial charge in [-0.25, -0.2) is 14.4 Å². The summed E-state index contributed by atoms with van der Waals surface area (Å²) in [4.78, 5) is 11.5. The molecule has 1 fully saturated rings. The molecule has 3 aromatic heterocycles. The van der Waals surface area contributed by atoms with E-state index in [2.05, 4.69) is 27.0 Å². The van der Waals surface area contributed by atoms with Gasteiger partial charge in [0.2, 0.25) is 5.95 Å². The van der Waals surface area contributed by atoms with Crippen LogP contribution in [0.3, 0.4) is 0 Å². The van der Waals surface area contributed by atoms with E-state index in [-0.39, 0.29) is 17.7 Å². The number of nitrogens with two attached hydrogens (primary N) is 1. The lowest BCUT2D eigenvalue weighted by molar-refractivity contribution is 0.0577. The van der Waals surface area contributed by atoms with Crippen molar-refractivity contribution in [3.05, 3.63) is 41.7 Å². The zero-order chi connectivity index (χ0) is 23.5. The van der Waals surface area contributed by atoms with Crippen molar-refractivity contribution in [3.63, 3.8) is 0 Å². The molecule has 0 bridgehead atoms. The third-order valence-electron chi connectivity index (χ3n) is 6.34. The van der Waals surface area contributed by atoms with Crippen LogP contribution >= 0.6 is 0 Å². The summed E-state index contributed by atoms with van der Waals surface area (Å²) in [5, 5.41) is 19.8. The van der Waals surface area contributed by atoms with E-state index in [0.29, 0.717) is 40.5 Å². The van der Waals surface area contributed by atoms with Crippen molar-refractivity contribution in [2.45, 2.75) is 64.6 Å². The normalized spacial score (nSPS) is 19.6. The zero-order valence-electron chi connectivity index (χ0n) is 19.3. The number of aliphatic hydroxyl groups is 1. The van der Waals surface area contributed by atoms with Crippen LogP contribution in [0.5, 0.6) is 0 Å². The molecule has 1 aliphatic rings. The zero-order valence-corrected chi connectivity index (χ0v) is 19.3. The second kappa shape index (κ2) is 7.65. The average Bonchev–Trinajstić information content (AvgIpc) is 3.37. The minimum absolute atomic E-state index is 0.0866. The molecule has 1 saturated heterocycles. The number of aromatic nitrogens is 6. The van der Waals surface area contributed by atoms with Crippen LogP contribution in [0.2, 0.25) is 0 Å². The maximum Gasteiger partial charge on any atom is 0.223 e. The molecule has 4 heterocycles. The van der Waals surface area contributed by atoms with E-state index in [0.717, 1.165) is 25.1 Å². The fraction of sp³-hybridized carbons (Fsp3) is 0.478. The number of aryl methyl sites for hydroxylation is 1. The van der Waals surface area contributed by atoms with Crippen LogP contribution in [-0.4, -0.2) is 52.7 Å². The number of nitrogen functional groups attached to an aromatic ring is 1. The largest absolute Gasteiger partial charge is 0.389 e. The minimum Gasteiger partial charge on any atom is -0.389 e. The molecule has 0 radical (unpaired) electrons. The summed E-state index contributed by atoms with van der Waals surface area (Å²) < 4.78 is 17.6. The summed E-state index contributed by atoms with van der Waals surface area (Å²) in [6, 6.07) is 3.48. The summed E-state index contributed by atoms with van der Waals surface area (Å²) in [6.07, 6.45) is 5.71. The first-order valence-corrected chi connectivity index (χ1v) is 11.2. The van der Waals surface area contributed by atoms with E-state index in [4.69, 9.17) is 10.7 Å². The molecule has 174 valence electrons. The first-order chi connectivity index (χ1) is 15.6. The number of nitrogens with zero attached hydrogens (tertiary/aromatic N) is 7. The number of hydrogen-bond donors (Lipinski definition) is 2. The fourth-order valence-corrected chi connectivity index (χ4v) is 4.61. The van der Waals surface area contributed by atoms with Crippen LogP contribution in [0.1, 0.15) is 50.9 Å². The second-order valence-corrected chi connectivity index (χ2v) is 9.78. The highest BCUT2D eigenvalue weighted by molar-refractivity contribution is 5.92. The van der Waals surface area contributed by atoms with Crippen molar-refractivity contribution in [1.82, 2.24) is 29.4 Å². The van der Waals surface area contributed by atoms with Gasteiger partial charge in [0.05, 0.1) is 29.5 Å². The van der Waals surface area contributed by atoms with Crippen molar-refractivity contribution < 1.29 is 9.50 Å². The number of piperidine rings is 1. The first-order valence-electron chi connectivity index (χ1n) is 11.2. The van der Waals surface area contributed by atoms with E-state index in [1.807, 2.05) is 12.4 Å². The van der Waals surface area contributed by atoms with E-state index in [1.165, 1.54) is 10.6 Å². The maximum atomic E-state index is 14.3. The van der Waals surface area contributed by atoms with E-state index in [9.17, 15) is 9.50 Å².